The first-order valence-electron chi connectivity index (χ1n) is 15.1. The topological polar surface area (TPSA) is 127 Å². The summed E-state index contributed by atoms with van der Waals surface area (Å²) in [4.78, 5) is 26.7. The Bertz CT molecular complexity index is 1330. The normalized spacial score (nSPS) is 17.7. The van der Waals surface area contributed by atoms with Gasteiger partial charge >= 0.3 is 6.09 Å². The van der Waals surface area contributed by atoms with Gasteiger partial charge in [0.25, 0.3) is 0 Å². The molecule has 2 aromatic carbocycles. The van der Waals surface area contributed by atoms with Gasteiger partial charge in [-0.3, -0.25) is 4.79 Å². The largest absolute Gasteiger partial charge is 0.495 e. The molecule has 2 aromatic rings. The lowest BCUT2D eigenvalue weighted by Gasteiger charge is -2.49. The zero-order valence-electron chi connectivity index (χ0n) is 28.1. The van der Waals surface area contributed by atoms with E-state index in [-0.39, 0.29) is 5.92 Å². The van der Waals surface area contributed by atoms with Gasteiger partial charge in [0.15, 0.2) is 11.5 Å². The second-order valence-electron chi connectivity index (χ2n) is 12.6. The van der Waals surface area contributed by atoms with E-state index in [0.717, 1.165) is 16.2 Å². The molecule has 3 rings (SSSR count). The Morgan fingerprint density at radius 3 is 1.96 bits per heavy atom. The molecule has 11 nitrogen and oxygen atoms in total. The minimum Gasteiger partial charge on any atom is -0.495 e. The van der Waals surface area contributed by atoms with Gasteiger partial charge in [-0.05, 0) is 69.0 Å². The van der Waals surface area contributed by atoms with Crippen molar-refractivity contribution >= 4 is 29.8 Å². The highest BCUT2D eigenvalue weighted by molar-refractivity contribution is 5.98. The molecule has 0 bridgehead atoms. The lowest BCUT2D eigenvalue weighted by atomic mass is 9.80. The molecule has 0 aromatic heterocycles. The van der Waals surface area contributed by atoms with Gasteiger partial charge in [0.05, 0.1) is 34.1 Å². The second-order valence-corrected chi connectivity index (χ2v) is 12.6. The van der Waals surface area contributed by atoms with E-state index in [1.807, 2.05) is 71.9 Å². The Labute approximate surface area is 266 Å². The van der Waals surface area contributed by atoms with Crippen LogP contribution in [0.2, 0.25) is 0 Å². The van der Waals surface area contributed by atoms with E-state index < -0.39 is 35.2 Å². The highest BCUT2D eigenvalue weighted by Crippen LogP contribution is 2.39. The molecule has 2 N–H and O–H groups in total. The van der Waals surface area contributed by atoms with Crippen LogP contribution in [0.5, 0.6) is 23.0 Å². The van der Waals surface area contributed by atoms with Crippen LogP contribution in [0.25, 0.3) is 12.2 Å². The molecule has 0 saturated carbocycles. The number of hydrogen-bond donors (Lipinski definition) is 2. The first-order valence-corrected chi connectivity index (χ1v) is 15.1. The summed E-state index contributed by atoms with van der Waals surface area (Å²) in [5, 5.41) is 19.5. The molecule has 1 radical (unpaired) electrons. The molecule has 0 unspecified atom stereocenters. The van der Waals surface area contributed by atoms with Crippen LogP contribution in [0.1, 0.15) is 71.9 Å². The molecule has 1 aliphatic rings. The van der Waals surface area contributed by atoms with Crippen molar-refractivity contribution in [2.45, 2.75) is 84.0 Å². The van der Waals surface area contributed by atoms with Crippen molar-refractivity contribution in [1.82, 2.24) is 10.4 Å². The highest BCUT2D eigenvalue weighted by atomic mass is 16.6. The average Bonchev–Trinajstić information content (AvgIpc) is 3.00. The molecule has 45 heavy (non-hydrogen) atoms. The van der Waals surface area contributed by atoms with E-state index in [9.17, 15) is 14.8 Å². The molecule has 11 heteroatoms. The van der Waals surface area contributed by atoms with Gasteiger partial charge in [0.2, 0.25) is 11.7 Å². The number of rotatable bonds is 12. The van der Waals surface area contributed by atoms with Crippen LogP contribution in [-0.4, -0.2) is 68.7 Å². The Morgan fingerprint density at radius 1 is 0.889 bits per heavy atom. The number of carbonyl (C=O) groups is 2. The Morgan fingerprint density at radius 2 is 1.44 bits per heavy atom. The van der Waals surface area contributed by atoms with Crippen molar-refractivity contribution < 1.29 is 38.5 Å². The highest BCUT2D eigenvalue weighted by Gasteiger charge is 2.47. The van der Waals surface area contributed by atoms with Crippen LogP contribution in [0.15, 0.2) is 30.3 Å². The maximum absolute atomic E-state index is 13.6. The van der Waals surface area contributed by atoms with E-state index in [1.54, 1.807) is 33.5 Å². The number of ether oxygens (including phenoxy) is 5. The number of alkyl carbamates (subject to hydrolysis) is 1. The molecular weight excluding hydrogens is 578 g/mol. The maximum Gasteiger partial charge on any atom is 0.408 e. The van der Waals surface area contributed by atoms with E-state index in [4.69, 9.17) is 23.7 Å². The van der Waals surface area contributed by atoms with Gasteiger partial charge in [-0.25, -0.2) is 4.79 Å². The molecule has 1 heterocycles. The molecule has 0 aliphatic carbocycles. The summed E-state index contributed by atoms with van der Waals surface area (Å²) in [6, 6.07) is 8.20. The van der Waals surface area contributed by atoms with Crippen molar-refractivity contribution in [2.75, 3.05) is 33.8 Å². The van der Waals surface area contributed by atoms with Gasteiger partial charge in [0, 0.05) is 23.9 Å². The predicted octanol–water partition coefficient (Wildman–Crippen LogP) is 6.34. The predicted molar refractivity (Wildman–Crippen MR) is 173 cm³/mol. The molecule has 1 saturated heterocycles. The van der Waals surface area contributed by atoms with Crippen molar-refractivity contribution in [2.24, 2.45) is 5.92 Å². The molecule has 2 amide bonds. The van der Waals surface area contributed by atoms with E-state index in [1.165, 1.54) is 7.11 Å². The van der Waals surface area contributed by atoms with Gasteiger partial charge < -0.3 is 34.3 Å². The first kappa shape index (κ1) is 35.5. The minimum absolute atomic E-state index is 0.192. The zero-order chi connectivity index (χ0) is 33.5. The third-order valence-corrected chi connectivity index (χ3v) is 8.23. The summed E-state index contributed by atoms with van der Waals surface area (Å²) in [5.41, 5.74) is 0.674. The summed E-state index contributed by atoms with van der Waals surface area (Å²) >= 11 is 0. The number of carbonyl (C=O) groups excluding carboxylic acids is 2. The van der Waals surface area contributed by atoms with Crippen molar-refractivity contribution in [3.63, 3.8) is 0 Å². The number of hydroxylamine groups is 2. The Kier molecular flexibility index (Phi) is 11.7. The number of benzene rings is 2. The van der Waals surface area contributed by atoms with Crippen LogP contribution in [0, 0.1) is 5.92 Å². The molecular formula is C34H48N3O8. The number of methoxy groups -OCH3 is 4. The number of anilines is 1. The average molecular weight is 627 g/mol. The summed E-state index contributed by atoms with van der Waals surface area (Å²) < 4.78 is 27.6. The van der Waals surface area contributed by atoms with E-state index in [0.29, 0.717) is 47.9 Å². The standard InChI is InChI=1S/C34H48N3O8/c1-11-21(2)29(36-32(39)45-24-19-33(3,4)37(40)34(5,6)20-24)31(38)35-25-16-22(14-15-26(25)41-7)12-13-23-17-27(42-8)30(44-10)28(18-23)43-9/h12-18,21,24,29H,11,19-20H2,1-10H3,(H,35,38)(H,36,39)/b13-12-/t21-,29+/m1/s1. The summed E-state index contributed by atoms with van der Waals surface area (Å²) in [7, 11) is 6.19. The fraction of sp³-hybridized carbons (Fsp3) is 0.529. The minimum atomic E-state index is -0.869. The number of hydrogen-bond acceptors (Lipinski definition) is 8. The lowest BCUT2D eigenvalue weighted by molar-refractivity contribution is -0.298. The molecule has 1 fully saturated rings. The quantitative estimate of drug-likeness (QED) is 0.262. The SMILES string of the molecule is CC[C@@H](C)[C@H](NC(=O)OC1CC(C)(C)N([O])C(C)(C)C1)C(=O)Nc1cc(/C=C\c2cc(OC)c(OC)c(OC)c2)ccc1OC. The number of nitrogens with zero attached hydrogens (tertiary/aromatic N) is 1. The van der Waals surface area contributed by atoms with Crippen molar-refractivity contribution in [3.05, 3.63) is 41.5 Å². The van der Waals surface area contributed by atoms with Gasteiger partial charge in [0.1, 0.15) is 17.9 Å². The zero-order valence-corrected chi connectivity index (χ0v) is 28.1. The van der Waals surface area contributed by atoms with Crippen molar-refractivity contribution in [3.8, 4) is 23.0 Å². The van der Waals surface area contributed by atoms with Crippen LogP contribution < -0.4 is 29.6 Å². The smallest absolute Gasteiger partial charge is 0.408 e. The fourth-order valence-electron chi connectivity index (χ4n) is 5.80. The summed E-state index contributed by atoms with van der Waals surface area (Å²) in [6.45, 7) is 11.2. The second kappa shape index (κ2) is 14.9. The Balaban J connectivity index is 1.79. The maximum atomic E-state index is 13.6. The lowest BCUT2D eigenvalue weighted by Crippen LogP contribution is -2.60. The van der Waals surface area contributed by atoms with Crippen LogP contribution in [-0.2, 0) is 14.7 Å². The van der Waals surface area contributed by atoms with E-state index >= 15 is 0 Å². The third kappa shape index (κ3) is 8.61. The first-order chi connectivity index (χ1) is 21.2. The molecule has 0 spiro atoms. The monoisotopic (exact) mass is 626 g/mol. The summed E-state index contributed by atoms with van der Waals surface area (Å²) in [6.07, 6.45) is 4.03. The molecule has 1 aliphatic heterocycles. The molecule has 247 valence electrons. The van der Waals surface area contributed by atoms with Gasteiger partial charge in [-0.2, -0.15) is 0 Å². The third-order valence-electron chi connectivity index (χ3n) is 8.23. The van der Waals surface area contributed by atoms with Gasteiger partial charge in [-0.15, -0.1) is 10.3 Å². The fourth-order valence-corrected chi connectivity index (χ4v) is 5.80. The van der Waals surface area contributed by atoms with Crippen LogP contribution in [0.4, 0.5) is 10.5 Å². The number of amides is 2. The Hall–Kier alpha value is -3.96. The van der Waals surface area contributed by atoms with Crippen LogP contribution in [0.3, 0.4) is 0 Å². The van der Waals surface area contributed by atoms with E-state index in [2.05, 4.69) is 10.6 Å². The number of nitrogens with one attached hydrogen (secondary N) is 2. The van der Waals surface area contributed by atoms with Gasteiger partial charge in [-0.1, -0.05) is 38.5 Å². The molecule has 2 atom stereocenters. The number of piperidine rings is 1. The van der Waals surface area contributed by atoms with Crippen LogP contribution >= 0.6 is 0 Å². The van der Waals surface area contributed by atoms with Crippen molar-refractivity contribution in [1.29, 1.82) is 0 Å². The summed E-state index contributed by atoms with van der Waals surface area (Å²) in [5.74, 6) is 1.44.